The maximum absolute atomic E-state index is 12.7. The minimum absolute atomic E-state index is 0.0808. The Morgan fingerprint density at radius 1 is 1.09 bits per heavy atom. The summed E-state index contributed by atoms with van der Waals surface area (Å²) < 4.78 is 25.4. The Morgan fingerprint density at radius 2 is 1.88 bits per heavy atom. The first-order valence-corrected chi connectivity index (χ1v) is 13.2. The van der Waals surface area contributed by atoms with E-state index in [1.807, 2.05) is 24.4 Å². The number of aryl methyl sites for hydroxylation is 3. The number of nitrogens with zero attached hydrogens (tertiary/aromatic N) is 2. The number of guanidine groups is 1. The van der Waals surface area contributed by atoms with Crippen molar-refractivity contribution in [3.05, 3.63) is 74.7 Å². The molecular formula is C24H28N4O2S2. The van der Waals surface area contributed by atoms with E-state index in [1.165, 1.54) is 22.5 Å². The van der Waals surface area contributed by atoms with Gasteiger partial charge in [-0.05, 0) is 62.1 Å². The van der Waals surface area contributed by atoms with Gasteiger partial charge in [-0.15, -0.1) is 11.3 Å². The van der Waals surface area contributed by atoms with Gasteiger partial charge in [-0.1, -0.05) is 23.8 Å². The lowest BCUT2D eigenvalue weighted by Crippen LogP contribution is -2.35. The molecule has 8 heteroatoms. The van der Waals surface area contributed by atoms with E-state index in [9.17, 15) is 8.42 Å². The number of thiazole rings is 1. The minimum atomic E-state index is -3.41. The molecule has 0 radical (unpaired) electrons. The van der Waals surface area contributed by atoms with Gasteiger partial charge in [0.15, 0.2) is 15.8 Å². The lowest BCUT2D eigenvalue weighted by Gasteiger charge is -2.18. The molecule has 0 bridgehead atoms. The normalized spacial score (nSPS) is 14.0. The fourth-order valence-electron chi connectivity index (χ4n) is 3.63. The van der Waals surface area contributed by atoms with Crippen LogP contribution in [0, 0.1) is 20.8 Å². The van der Waals surface area contributed by atoms with Gasteiger partial charge in [0.25, 0.3) is 0 Å². The van der Waals surface area contributed by atoms with Crippen LogP contribution in [0.1, 0.15) is 39.4 Å². The van der Waals surface area contributed by atoms with E-state index in [2.05, 4.69) is 46.6 Å². The van der Waals surface area contributed by atoms with Crippen molar-refractivity contribution in [1.82, 2.24) is 10.3 Å². The first-order chi connectivity index (χ1) is 15.3. The Labute approximate surface area is 193 Å². The zero-order valence-electron chi connectivity index (χ0n) is 18.6. The van der Waals surface area contributed by atoms with Gasteiger partial charge in [0.2, 0.25) is 0 Å². The Balaban J connectivity index is 1.46. The molecule has 0 amide bonds. The predicted molar refractivity (Wildman–Crippen MR) is 131 cm³/mol. The first-order valence-electron chi connectivity index (χ1n) is 10.7. The highest BCUT2D eigenvalue weighted by Gasteiger charge is 2.18. The fraction of sp³-hybridized carbons (Fsp3) is 0.333. The maximum atomic E-state index is 12.7. The van der Waals surface area contributed by atoms with Crippen LogP contribution in [0.15, 0.2) is 51.7 Å². The summed E-state index contributed by atoms with van der Waals surface area (Å²) in [7, 11) is -3.41. The van der Waals surface area contributed by atoms with Gasteiger partial charge < -0.3 is 10.6 Å². The topological polar surface area (TPSA) is 83.5 Å². The molecule has 2 N–H and O–H groups in total. The Morgan fingerprint density at radius 3 is 2.59 bits per heavy atom. The summed E-state index contributed by atoms with van der Waals surface area (Å²) in [4.78, 5) is 9.43. The van der Waals surface area contributed by atoms with Crippen LogP contribution in [-0.2, 0) is 22.0 Å². The third kappa shape index (κ3) is 5.37. The number of sulfone groups is 1. The van der Waals surface area contributed by atoms with Crippen LogP contribution in [0.5, 0.6) is 0 Å². The molecule has 4 rings (SSSR count). The van der Waals surface area contributed by atoms with Gasteiger partial charge in [0.05, 0.1) is 21.3 Å². The number of anilines is 1. The average Bonchev–Trinajstić information content (AvgIpc) is 3.19. The van der Waals surface area contributed by atoms with Gasteiger partial charge in [-0.25, -0.2) is 13.4 Å². The second kappa shape index (κ2) is 9.42. The largest absolute Gasteiger partial charge is 0.356 e. The second-order valence-electron chi connectivity index (χ2n) is 8.21. The second-order valence-corrected chi connectivity index (χ2v) is 11.1. The minimum Gasteiger partial charge on any atom is -0.356 e. The molecule has 3 aromatic rings. The van der Waals surface area contributed by atoms with Crippen molar-refractivity contribution < 1.29 is 8.42 Å². The van der Waals surface area contributed by atoms with Crippen molar-refractivity contribution in [2.75, 3.05) is 18.4 Å². The molecule has 2 heterocycles. The summed E-state index contributed by atoms with van der Waals surface area (Å²) in [6.45, 7) is 7.89. The molecule has 0 unspecified atom stereocenters. The van der Waals surface area contributed by atoms with Crippen LogP contribution in [0.2, 0.25) is 0 Å². The zero-order valence-corrected chi connectivity index (χ0v) is 20.2. The number of hydrogen-bond acceptors (Lipinski definition) is 7. The summed E-state index contributed by atoms with van der Waals surface area (Å²) in [6, 6.07) is 11.3. The van der Waals surface area contributed by atoms with Crippen LogP contribution in [-0.4, -0.2) is 32.5 Å². The highest BCUT2D eigenvalue weighted by molar-refractivity contribution is 7.90. The highest BCUT2D eigenvalue weighted by Crippen LogP contribution is 2.25. The third-order valence-corrected chi connectivity index (χ3v) is 8.06. The molecule has 1 aliphatic rings. The predicted octanol–water partition coefficient (Wildman–Crippen LogP) is 4.39. The van der Waals surface area contributed by atoms with Gasteiger partial charge in [-0.2, -0.15) is 0 Å². The molecular weight excluding hydrogens is 440 g/mol. The van der Waals surface area contributed by atoms with Crippen LogP contribution in [0.25, 0.3) is 0 Å². The van der Waals surface area contributed by atoms with Crippen LogP contribution < -0.4 is 10.6 Å². The van der Waals surface area contributed by atoms with Gasteiger partial charge in [0, 0.05) is 30.6 Å². The van der Waals surface area contributed by atoms with Crippen LogP contribution in [0.3, 0.4) is 0 Å². The molecule has 2 aromatic carbocycles. The monoisotopic (exact) mass is 468 g/mol. The smallest absolute Gasteiger partial charge is 0.195 e. The lowest BCUT2D eigenvalue weighted by atomic mass is 10.0. The zero-order chi connectivity index (χ0) is 22.7. The SMILES string of the molecule is Cc1ccc(S(=O)(=O)Cc2csc(Cc3cc(C)c(NC4=NCCCN4)cc3C)n2)cc1. The fourth-order valence-corrected chi connectivity index (χ4v) is 5.81. The molecule has 0 aliphatic carbocycles. The van der Waals surface area contributed by atoms with Gasteiger partial charge in [-0.3, -0.25) is 4.99 Å². The highest BCUT2D eigenvalue weighted by atomic mass is 32.2. The van der Waals surface area contributed by atoms with Crippen molar-refractivity contribution in [2.45, 2.75) is 44.3 Å². The van der Waals surface area contributed by atoms with E-state index in [0.717, 1.165) is 47.3 Å². The molecule has 6 nitrogen and oxygen atoms in total. The van der Waals surface area contributed by atoms with Gasteiger partial charge in [0.1, 0.15) is 0 Å². The quantitative estimate of drug-likeness (QED) is 0.560. The molecule has 168 valence electrons. The van der Waals surface area contributed by atoms with E-state index >= 15 is 0 Å². The number of hydrogen-bond donors (Lipinski definition) is 2. The maximum Gasteiger partial charge on any atom is 0.195 e. The summed E-state index contributed by atoms with van der Waals surface area (Å²) in [5, 5.41) is 9.45. The molecule has 0 atom stereocenters. The van der Waals surface area contributed by atoms with E-state index in [-0.39, 0.29) is 5.75 Å². The average molecular weight is 469 g/mol. The summed E-state index contributed by atoms with van der Waals surface area (Å²) in [6.07, 6.45) is 1.74. The summed E-state index contributed by atoms with van der Waals surface area (Å²) in [5.41, 5.74) is 6.17. The lowest BCUT2D eigenvalue weighted by molar-refractivity contribution is 0.594. The summed E-state index contributed by atoms with van der Waals surface area (Å²) in [5.74, 6) is 0.744. The number of aliphatic imine (C=N–C) groups is 1. The van der Waals surface area contributed by atoms with E-state index in [4.69, 9.17) is 0 Å². The Hall–Kier alpha value is -2.71. The van der Waals surface area contributed by atoms with Crippen LogP contribution in [0.4, 0.5) is 5.69 Å². The number of aromatic nitrogens is 1. The standard InChI is InChI=1S/C24H28N4O2S2/c1-16-5-7-21(8-6-16)32(29,30)15-20-14-31-23(27-20)13-19-11-18(3)22(12-17(19)2)28-24-25-9-4-10-26-24/h5-8,11-12,14H,4,9-10,13,15H2,1-3H3,(H2,25,26,28). The molecule has 1 aromatic heterocycles. The first kappa shape index (κ1) is 22.5. The summed E-state index contributed by atoms with van der Waals surface area (Å²) >= 11 is 1.51. The molecule has 0 saturated carbocycles. The molecule has 0 spiro atoms. The Bertz CT molecular complexity index is 1250. The number of rotatable bonds is 6. The third-order valence-electron chi connectivity index (χ3n) is 5.49. The van der Waals surface area contributed by atoms with Gasteiger partial charge >= 0.3 is 0 Å². The molecule has 0 saturated heterocycles. The van der Waals surface area contributed by atoms with Crippen molar-refractivity contribution in [1.29, 1.82) is 0 Å². The van der Waals surface area contributed by atoms with E-state index in [1.54, 1.807) is 12.1 Å². The molecule has 0 fully saturated rings. The molecule has 32 heavy (non-hydrogen) atoms. The van der Waals surface area contributed by atoms with Crippen molar-refractivity contribution in [3.63, 3.8) is 0 Å². The van der Waals surface area contributed by atoms with Crippen LogP contribution >= 0.6 is 11.3 Å². The van der Waals surface area contributed by atoms with E-state index in [0.29, 0.717) is 17.0 Å². The Kier molecular flexibility index (Phi) is 6.62. The van der Waals surface area contributed by atoms with E-state index < -0.39 is 9.84 Å². The van der Waals surface area contributed by atoms with Crippen molar-refractivity contribution >= 4 is 32.8 Å². The number of benzene rings is 2. The van der Waals surface area contributed by atoms with Crippen molar-refractivity contribution in [3.8, 4) is 0 Å². The van der Waals surface area contributed by atoms with Crippen molar-refractivity contribution in [2.24, 2.45) is 4.99 Å². The number of nitrogens with one attached hydrogen (secondary N) is 2. The molecule has 1 aliphatic heterocycles.